The Morgan fingerprint density at radius 2 is 1.96 bits per heavy atom. The highest BCUT2D eigenvalue weighted by atomic mass is 32.2. The van der Waals surface area contributed by atoms with E-state index in [4.69, 9.17) is 9.47 Å². The van der Waals surface area contributed by atoms with Crippen molar-refractivity contribution in [3.8, 4) is 11.5 Å². The Balaban J connectivity index is 2.58. The molecule has 0 saturated carbocycles. The summed E-state index contributed by atoms with van der Waals surface area (Å²) in [6, 6.07) is 5.56. The minimum Gasteiger partial charge on any atom is -0.497 e. The van der Waals surface area contributed by atoms with E-state index < -0.39 is 9.84 Å². The van der Waals surface area contributed by atoms with Crippen LogP contribution in [0.25, 0.3) is 0 Å². The van der Waals surface area contributed by atoms with Crippen molar-refractivity contribution in [3.05, 3.63) is 23.8 Å². The molecule has 0 heterocycles. The maximum atomic E-state index is 11.5. The van der Waals surface area contributed by atoms with E-state index in [0.717, 1.165) is 11.3 Å². The number of hydrogen-bond donors (Lipinski definition) is 2. The van der Waals surface area contributed by atoms with E-state index in [1.807, 2.05) is 12.1 Å². The summed E-state index contributed by atoms with van der Waals surface area (Å²) in [5, 5.41) is 6.11. The van der Waals surface area contributed by atoms with E-state index in [1.165, 1.54) is 0 Å². The van der Waals surface area contributed by atoms with Crippen LogP contribution < -0.4 is 20.1 Å². The Morgan fingerprint density at radius 3 is 2.52 bits per heavy atom. The fourth-order valence-electron chi connectivity index (χ4n) is 1.87. The maximum absolute atomic E-state index is 11.5. The molecule has 1 aromatic rings. The lowest BCUT2D eigenvalue weighted by atomic mass is 10.2. The third-order valence-corrected chi connectivity index (χ3v) is 5.02. The zero-order valence-electron chi connectivity index (χ0n) is 14.0. The number of ether oxygens (including phenoxy) is 2. The van der Waals surface area contributed by atoms with Crippen molar-refractivity contribution >= 4 is 15.8 Å². The first kappa shape index (κ1) is 19.1. The molecule has 0 atom stereocenters. The van der Waals surface area contributed by atoms with Crippen LogP contribution in [-0.4, -0.2) is 53.7 Å². The quantitative estimate of drug-likeness (QED) is 0.536. The molecule has 7 nitrogen and oxygen atoms in total. The molecular formula is C15H25N3O4S. The van der Waals surface area contributed by atoms with Gasteiger partial charge in [0.15, 0.2) is 15.8 Å². The molecule has 0 unspecified atom stereocenters. The molecule has 1 rings (SSSR count). The molecule has 0 aliphatic heterocycles. The monoisotopic (exact) mass is 343 g/mol. The van der Waals surface area contributed by atoms with E-state index >= 15 is 0 Å². The summed E-state index contributed by atoms with van der Waals surface area (Å²) in [5.74, 6) is 2.19. The molecule has 2 N–H and O–H groups in total. The van der Waals surface area contributed by atoms with Crippen molar-refractivity contribution in [2.24, 2.45) is 4.99 Å². The number of rotatable bonds is 8. The molecule has 0 saturated heterocycles. The van der Waals surface area contributed by atoms with Crippen LogP contribution >= 0.6 is 0 Å². The van der Waals surface area contributed by atoms with Gasteiger partial charge in [-0.05, 0) is 12.1 Å². The van der Waals surface area contributed by atoms with Crippen molar-refractivity contribution in [1.29, 1.82) is 0 Å². The van der Waals surface area contributed by atoms with Gasteiger partial charge in [0, 0.05) is 37.5 Å². The largest absolute Gasteiger partial charge is 0.497 e. The van der Waals surface area contributed by atoms with Crippen LogP contribution in [0.3, 0.4) is 0 Å². The molecule has 8 heteroatoms. The Labute approximate surface area is 138 Å². The normalized spacial score (nSPS) is 11.9. The van der Waals surface area contributed by atoms with Crippen LogP contribution in [0.2, 0.25) is 0 Å². The van der Waals surface area contributed by atoms with Gasteiger partial charge in [0.05, 0.1) is 20.0 Å². The highest BCUT2D eigenvalue weighted by molar-refractivity contribution is 7.91. The van der Waals surface area contributed by atoms with E-state index in [2.05, 4.69) is 15.6 Å². The number of sulfone groups is 1. The summed E-state index contributed by atoms with van der Waals surface area (Å²) in [6.45, 7) is 2.45. The third kappa shape index (κ3) is 6.35. The van der Waals surface area contributed by atoms with Gasteiger partial charge in [-0.2, -0.15) is 0 Å². The first-order chi connectivity index (χ1) is 11.0. The Kier molecular flexibility index (Phi) is 7.67. The zero-order chi connectivity index (χ0) is 17.3. The molecule has 1 aromatic carbocycles. The topological polar surface area (TPSA) is 89.0 Å². The van der Waals surface area contributed by atoms with Crippen molar-refractivity contribution in [3.63, 3.8) is 0 Å². The van der Waals surface area contributed by atoms with Crippen molar-refractivity contribution < 1.29 is 17.9 Å². The Morgan fingerprint density at radius 1 is 1.22 bits per heavy atom. The summed E-state index contributed by atoms with van der Waals surface area (Å²) in [7, 11) is 1.84. The summed E-state index contributed by atoms with van der Waals surface area (Å²) in [6.07, 6.45) is 0. The van der Waals surface area contributed by atoms with Gasteiger partial charge in [0.2, 0.25) is 0 Å². The summed E-state index contributed by atoms with van der Waals surface area (Å²) >= 11 is 0. The van der Waals surface area contributed by atoms with Gasteiger partial charge >= 0.3 is 0 Å². The molecule has 0 radical (unpaired) electrons. The second-order valence-corrected chi connectivity index (χ2v) is 7.24. The fourth-order valence-corrected chi connectivity index (χ4v) is 2.57. The van der Waals surface area contributed by atoms with E-state index in [-0.39, 0.29) is 11.5 Å². The minimum atomic E-state index is -2.99. The van der Waals surface area contributed by atoms with Crippen LogP contribution in [0.1, 0.15) is 12.5 Å². The van der Waals surface area contributed by atoms with Crippen molar-refractivity contribution in [2.75, 3.05) is 39.3 Å². The smallest absolute Gasteiger partial charge is 0.191 e. The van der Waals surface area contributed by atoms with Gasteiger partial charge in [0.25, 0.3) is 0 Å². The lowest BCUT2D eigenvalue weighted by Gasteiger charge is -2.14. The number of methoxy groups -OCH3 is 2. The summed E-state index contributed by atoms with van der Waals surface area (Å²) in [4.78, 5) is 4.07. The van der Waals surface area contributed by atoms with Gasteiger partial charge in [0.1, 0.15) is 11.5 Å². The molecule has 130 valence electrons. The van der Waals surface area contributed by atoms with E-state index in [0.29, 0.717) is 24.8 Å². The second kappa shape index (κ2) is 9.24. The van der Waals surface area contributed by atoms with Crippen LogP contribution in [0.15, 0.2) is 23.2 Å². The minimum absolute atomic E-state index is 0.0794. The molecule has 0 aliphatic carbocycles. The standard InChI is InChI=1S/C15H25N3O4S/c1-5-23(19,20)9-8-17-15(16-2)18-11-12-6-7-13(21-3)10-14(12)22-4/h6-7,10H,5,8-9,11H2,1-4H3,(H2,16,17,18). The van der Waals surface area contributed by atoms with Crippen LogP contribution in [0, 0.1) is 0 Å². The second-order valence-electron chi connectivity index (χ2n) is 4.77. The summed E-state index contributed by atoms with van der Waals surface area (Å²) in [5.41, 5.74) is 0.942. The Bertz CT molecular complexity index is 630. The van der Waals surface area contributed by atoms with Gasteiger partial charge < -0.3 is 20.1 Å². The highest BCUT2D eigenvalue weighted by Crippen LogP contribution is 2.24. The first-order valence-corrected chi connectivity index (χ1v) is 9.13. The van der Waals surface area contributed by atoms with Gasteiger partial charge in [-0.3, -0.25) is 4.99 Å². The molecule has 0 aromatic heterocycles. The molecule has 0 spiro atoms. The molecule has 0 amide bonds. The first-order valence-electron chi connectivity index (χ1n) is 7.31. The predicted molar refractivity (Wildman–Crippen MR) is 92.1 cm³/mol. The van der Waals surface area contributed by atoms with Crippen molar-refractivity contribution in [1.82, 2.24) is 10.6 Å². The van der Waals surface area contributed by atoms with Gasteiger partial charge in [-0.1, -0.05) is 6.92 Å². The van der Waals surface area contributed by atoms with Gasteiger partial charge in [-0.15, -0.1) is 0 Å². The van der Waals surface area contributed by atoms with Crippen LogP contribution in [0.4, 0.5) is 0 Å². The molecular weight excluding hydrogens is 318 g/mol. The zero-order valence-corrected chi connectivity index (χ0v) is 14.9. The number of guanidine groups is 1. The summed E-state index contributed by atoms with van der Waals surface area (Å²) < 4.78 is 33.4. The SMILES string of the molecule is CCS(=O)(=O)CCNC(=NC)NCc1ccc(OC)cc1OC. The fraction of sp³-hybridized carbons (Fsp3) is 0.533. The number of hydrogen-bond acceptors (Lipinski definition) is 5. The average molecular weight is 343 g/mol. The number of benzene rings is 1. The highest BCUT2D eigenvalue weighted by Gasteiger charge is 2.09. The maximum Gasteiger partial charge on any atom is 0.191 e. The van der Waals surface area contributed by atoms with Crippen LogP contribution in [0.5, 0.6) is 11.5 Å². The lowest BCUT2D eigenvalue weighted by molar-refractivity contribution is 0.390. The molecule has 0 bridgehead atoms. The number of nitrogens with one attached hydrogen (secondary N) is 2. The Hall–Kier alpha value is -1.96. The molecule has 0 fully saturated rings. The number of aliphatic imine (C=N–C) groups is 1. The number of nitrogens with zero attached hydrogens (tertiary/aromatic N) is 1. The van der Waals surface area contributed by atoms with E-state index in [9.17, 15) is 8.42 Å². The average Bonchev–Trinajstić information content (AvgIpc) is 2.57. The third-order valence-electron chi connectivity index (χ3n) is 3.31. The molecule has 23 heavy (non-hydrogen) atoms. The predicted octanol–water partition coefficient (Wildman–Crippen LogP) is 0.804. The lowest BCUT2D eigenvalue weighted by Crippen LogP contribution is -2.39. The van der Waals surface area contributed by atoms with Gasteiger partial charge in [-0.25, -0.2) is 8.42 Å². The van der Waals surface area contributed by atoms with Crippen molar-refractivity contribution in [2.45, 2.75) is 13.5 Å². The molecule has 0 aliphatic rings. The van der Waals surface area contributed by atoms with E-state index in [1.54, 1.807) is 34.3 Å². The van der Waals surface area contributed by atoms with Crippen LogP contribution in [-0.2, 0) is 16.4 Å².